The van der Waals surface area contributed by atoms with E-state index in [0.717, 1.165) is 38.1 Å². The molecule has 0 spiro atoms. The number of aromatic nitrogens is 5. The molecule has 0 saturated carbocycles. The zero-order valence-corrected chi connectivity index (χ0v) is 13.6. The molecule has 2 aromatic heterocycles. The zero-order valence-electron chi connectivity index (χ0n) is 13.6. The second kappa shape index (κ2) is 7.39. The first-order chi connectivity index (χ1) is 11.2. The Labute approximate surface area is 136 Å². The third-order valence-electron chi connectivity index (χ3n) is 4.59. The summed E-state index contributed by atoms with van der Waals surface area (Å²) in [6.45, 7) is 1.48. The first-order valence-electron chi connectivity index (χ1n) is 8.32. The monoisotopic (exact) mass is 316 g/mol. The maximum Gasteiger partial charge on any atom is 0.224 e. The Hall–Kier alpha value is -2.18. The highest BCUT2D eigenvalue weighted by Gasteiger charge is 2.26. The van der Waals surface area contributed by atoms with Gasteiger partial charge in [-0.05, 0) is 25.7 Å². The summed E-state index contributed by atoms with van der Waals surface area (Å²) < 4.78 is 3.77. The first kappa shape index (κ1) is 15.7. The molecule has 0 radical (unpaired) electrons. The fourth-order valence-corrected chi connectivity index (χ4v) is 3.26. The molecule has 124 valence electrons. The van der Waals surface area contributed by atoms with Crippen molar-refractivity contribution >= 4 is 5.91 Å². The van der Waals surface area contributed by atoms with Crippen molar-refractivity contribution in [2.75, 3.05) is 6.54 Å². The Morgan fingerprint density at radius 1 is 1.39 bits per heavy atom. The van der Waals surface area contributed by atoms with Crippen LogP contribution in [0.3, 0.4) is 0 Å². The molecule has 3 heterocycles. The van der Waals surface area contributed by atoms with Gasteiger partial charge >= 0.3 is 0 Å². The second-order valence-electron chi connectivity index (χ2n) is 6.14. The number of aryl methyl sites for hydroxylation is 3. The summed E-state index contributed by atoms with van der Waals surface area (Å²) in [5.74, 6) is 1.32. The van der Waals surface area contributed by atoms with Crippen molar-refractivity contribution < 1.29 is 4.79 Å². The van der Waals surface area contributed by atoms with Crippen LogP contribution >= 0.6 is 0 Å². The van der Waals surface area contributed by atoms with E-state index in [1.54, 1.807) is 11.0 Å². The van der Waals surface area contributed by atoms with Crippen molar-refractivity contribution in [3.63, 3.8) is 0 Å². The average molecular weight is 316 g/mol. The molecule has 1 aliphatic rings. The van der Waals surface area contributed by atoms with Crippen LogP contribution in [0, 0.1) is 0 Å². The van der Waals surface area contributed by atoms with E-state index in [9.17, 15) is 4.79 Å². The van der Waals surface area contributed by atoms with Gasteiger partial charge in [0.15, 0.2) is 0 Å². The molecule has 0 unspecified atom stereocenters. The van der Waals surface area contributed by atoms with Crippen LogP contribution in [0.1, 0.15) is 37.9 Å². The molecule has 7 nitrogen and oxygen atoms in total. The molecular weight excluding hydrogens is 292 g/mol. The lowest BCUT2D eigenvalue weighted by Gasteiger charge is -2.36. The van der Waals surface area contributed by atoms with E-state index in [1.807, 2.05) is 19.4 Å². The van der Waals surface area contributed by atoms with Gasteiger partial charge in [-0.2, -0.15) is 5.10 Å². The lowest BCUT2D eigenvalue weighted by molar-refractivity contribution is -0.135. The zero-order chi connectivity index (χ0) is 16.1. The summed E-state index contributed by atoms with van der Waals surface area (Å²) in [5.41, 5.74) is 0. The van der Waals surface area contributed by atoms with Crippen LogP contribution in [0.2, 0.25) is 0 Å². The third-order valence-corrected chi connectivity index (χ3v) is 4.59. The van der Waals surface area contributed by atoms with Crippen LogP contribution < -0.4 is 0 Å². The average Bonchev–Trinajstić information content (AvgIpc) is 3.22. The van der Waals surface area contributed by atoms with E-state index in [0.29, 0.717) is 19.0 Å². The van der Waals surface area contributed by atoms with Crippen molar-refractivity contribution in [2.24, 2.45) is 7.05 Å². The Morgan fingerprint density at radius 3 is 3.04 bits per heavy atom. The van der Waals surface area contributed by atoms with Gasteiger partial charge in [0.25, 0.3) is 0 Å². The van der Waals surface area contributed by atoms with Gasteiger partial charge in [-0.15, -0.1) is 0 Å². The van der Waals surface area contributed by atoms with E-state index >= 15 is 0 Å². The predicted octanol–water partition coefficient (Wildman–Crippen LogP) is 1.42. The molecule has 1 aliphatic heterocycles. The Bertz CT molecular complexity index is 620. The fraction of sp³-hybridized carbons (Fsp3) is 0.625. The van der Waals surface area contributed by atoms with Gasteiger partial charge in [-0.3, -0.25) is 9.48 Å². The van der Waals surface area contributed by atoms with Crippen molar-refractivity contribution in [2.45, 2.75) is 51.1 Å². The number of carbonyl (C=O) groups is 1. The summed E-state index contributed by atoms with van der Waals surface area (Å²) >= 11 is 0. The summed E-state index contributed by atoms with van der Waals surface area (Å²) in [6, 6.07) is 0.337. The number of amides is 1. The summed E-state index contributed by atoms with van der Waals surface area (Å²) in [6.07, 6.45) is 12.8. The molecule has 0 aliphatic carbocycles. The fourth-order valence-electron chi connectivity index (χ4n) is 3.26. The van der Waals surface area contributed by atoms with Crippen LogP contribution in [0.5, 0.6) is 0 Å². The highest BCUT2D eigenvalue weighted by atomic mass is 16.2. The number of carbonyl (C=O) groups excluding carboxylic acids is 1. The molecule has 0 bridgehead atoms. The lowest BCUT2D eigenvalue weighted by atomic mass is 9.97. The molecule has 1 fully saturated rings. The highest BCUT2D eigenvalue weighted by Crippen LogP contribution is 2.22. The SMILES string of the molecule is Cn1ccnc1CC[C@@H]1CCCCN1C(=O)CCn1cncn1. The van der Waals surface area contributed by atoms with E-state index < -0.39 is 0 Å². The quantitative estimate of drug-likeness (QED) is 0.808. The summed E-state index contributed by atoms with van der Waals surface area (Å²) in [4.78, 5) is 22.9. The normalized spacial score (nSPS) is 18.3. The molecule has 3 rings (SSSR count). The van der Waals surface area contributed by atoms with Gasteiger partial charge in [0.2, 0.25) is 5.91 Å². The van der Waals surface area contributed by atoms with Crippen molar-refractivity contribution in [1.82, 2.24) is 29.2 Å². The van der Waals surface area contributed by atoms with Crippen LogP contribution in [0.15, 0.2) is 25.0 Å². The van der Waals surface area contributed by atoms with E-state index in [4.69, 9.17) is 0 Å². The molecule has 0 aromatic carbocycles. The molecule has 2 aromatic rings. The van der Waals surface area contributed by atoms with Gasteiger partial charge in [0.1, 0.15) is 18.5 Å². The maximum absolute atomic E-state index is 12.6. The number of nitrogens with zero attached hydrogens (tertiary/aromatic N) is 6. The first-order valence-corrected chi connectivity index (χ1v) is 8.32. The number of hydrogen-bond acceptors (Lipinski definition) is 4. The molecular formula is C16H24N6O. The molecule has 1 amide bonds. The molecule has 23 heavy (non-hydrogen) atoms. The van der Waals surface area contributed by atoms with Crippen LogP contribution in [0.4, 0.5) is 0 Å². The number of piperidine rings is 1. The molecule has 7 heteroatoms. The second-order valence-corrected chi connectivity index (χ2v) is 6.14. The number of imidazole rings is 1. The minimum atomic E-state index is 0.227. The van der Waals surface area contributed by atoms with Crippen LogP contribution in [-0.4, -0.2) is 47.7 Å². The van der Waals surface area contributed by atoms with Crippen molar-refractivity contribution in [3.8, 4) is 0 Å². The topological polar surface area (TPSA) is 68.8 Å². The standard InChI is InChI=1S/C16H24N6O/c1-20-11-8-18-15(20)6-5-14-4-2-3-9-22(14)16(23)7-10-21-13-17-12-19-21/h8,11-14H,2-7,9-10H2,1H3/t14-/m0/s1. The molecule has 0 N–H and O–H groups in total. The molecule has 1 atom stereocenters. The number of rotatable bonds is 6. The third kappa shape index (κ3) is 3.97. The van der Waals surface area contributed by atoms with Crippen LogP contribution in [-0.2, 0) is 24.8 Å². The van der Waals surface area contributed by atoms with Gasteiger partial charge in [0, 0.05) is 44.9 Å². The van der Waals surface area contributed by atoms with Gasteiger partial charge in [0.05, 0.1) is 6.54 Å². The minimum Gasteiger partial charge on any atom is -0.340 e. The minimum absolute atomic E-state index is 0.227. The highest BCUT2D eigenvalue weighted by molar-refractivity contribution is 5.76. The Kier molecular flexibility index (Phi) is 5.05. The lowest BCUT2D eigenvalue weighted by Crippen LogP contribution is -2.44. The smallest absolute Gasteiger partial charge is 0.224 e. The Balaban J connectivity index is 1.54. The van der Waals surface area contributed by atoms with E-state index in [2.05, 4.69) is 24.5 Å². The van der Waals surface area contributed by atoms with E-state index in [-0.39, 0.29) is 5.91 Å². The van der Waals surface area contributed by atoms with Gasteiger partial charge < -0.3 is 9.47 Å². The van der Waals surface area contributed by atoms with Gasteiger partial charge in [-0.1, -0.05) is 0 Å². The van der Waals surface area contributed by atoms with Crippen molar-refractivity contribution in [1.29, 1.82) is 0 Å². The maximum atomic E-state index is 12.6. The number of likely N-dealkylation sites (tertiary alicyclic amines) is 1. The predicted molar refractivity (Wildman–Crippen MR) is 85.5 cm³/mol. The Morgan fingerprint density at radius 2 is 2.30 bits per heavy atom. The van der Waals surface area contributed by atoms with Crippen LogP contribution in [0.25, 0.3) is 0 Å². The summed E-state index contributed by atoms with van der Waals surface area (Å²) in [7, 11) is 2.02. The van der Waals surface area contributed by atoms with E-state index in [1.165, 1.54) is 12.7 Å². The summed E-state index contributed by atoms with van der Waals surface area (Å²) in [5, 5.41) is 4.06. The number of hydrogen-bond donors (Lipinski definition) is 0. The molecule has 1 saturated heterocycles. The largest absolute Gasteiger partial charge is 0.340 e. The van der Waals surface area contributed by atoms with Gasteiger partial charge in [-0.25, -0.2) is 9.97 Å². The van der Waals surface area contributed by atoms with Crippen molar-refractivity contribution in [3.05, 3.63) is 30.9 Å².